The molecule has 0 aromatic heterocycles. The predicted molar refractivity (Wildman–Crippen MR) is 275 cm³/mol. The van der Waals surface area contributed by atoms with Crippen molar-refractivity contribution in [2.24, 2.45) is 11.8 Å². The first-order valence-electron chi connectivity index (χ1n) is 28.8. The highest BCUT2D eigenvalue weighted by Crippen LogP contribution is 2.18. The zero-order valence-corrected chi connectivity index (χ0v) is 43.9. The Labute approximate surface area is 399 Å². The van der Waals surface area contributed by atoms with Gasteiger partial charge < -0.3 is 14.2 Å². The molecule has 64 heavy (non-hydrogen) atoms. The van der Waals surface area contributed by atoms with E-state index in [2.05, 4.69) is 34.6 Å². The molecule has 380 valence electrons. The van der Waals surface area contributed by atoms with Crippen molar-refractivity contribution in [1.29, 1.82) is 0 Å². The van der Waals surface area contributed by atoms with Crippen LogP contribution in [0.4, 0.5) is 0 Å². The first kappa shape index (κ1) is 62.4. The van der Waals surface area contributed by atoms with E-state index in [1.54, 1.807) is 0 Å². The molecule has 0 amide bonds. The molecule has 2 atom stereocenters. The summed E-state index contributed by atoms with van der Waals surface area (Å²) in [5.41, 5.74) is 0. The number of carbonyl (C=O) groups excluding carboxylic acids is 3. The fourth-order valence-electron chi connectivity index (χ4n) is 8.84. The minimum atomic E-state index is -0.763. The summed E-state index contributed by atoms with van der Waals surface area (Å²) < 4.78 is 16.9. The van der Waals surface area contributed by atoms with Crippen LogP contribution in [0.5, 0.6) is 0 Å². The van der Waals surface area contributed by atoms with Gasteiger partial charge in [0.05, 0.1) is 0 Å². The number of ether oxygens (including phenoxy) is 3. The van der Waals surface area contributed by atoms with Crippen molar-refractivity contribution in [3.8, 4) is 0 Å². The van der Waals surface area contributed by atoms with Crippen LogP contribution in [-0.4, -0.2) is 37.2 Å². The SMILES string of the molecule is CCCCCCCCCCCCCCCCCCC(=O)OC[C@H](COC(=O)CCCCCCCCCCCCC(C)CC)OC(=O)CCCCCCCCCCCCCCCC(C)C. The fourth-order valence-corrected chi connectivity index (χ4v) is 8.84. The van der Waals surface area contributed by atoms with Crippen LogP contribution in [0.2, 0.25) is 0 Å². The van der Waals surface area contributed by atoms with E-state index >= 15 is 0 Å². The van der Waals surface area contributed by atoms with E-state index in [1.165, 1.54) is 212 Å². The number of rotatable bonds is 52. The van der Waals surface area contributed by atoms with Crippen LogP contribution in [0.1, 0.15) is 324 Å². The van der Waals surface area contributed by atoms with Crippen LogP contribution in [0.25, 0.3) is 0 Å². The Hall–Kier alpha value is -1.59. The molecule has 0 aliphatic rings. The van der Waals surface area contributed by atoms with Gasteiger partial charge in [0.25, 0.3) is 0 Å². The lowest BCUT2D eigenvalue weighted by molar-refractivity contribution is -0.167. The van der Waals surface area contributed by atoms with Crippen LogP contribution in [0.3, 0.4) is 0 Å². The lowest BCUT2D eigenvalue weighted by Crippen LogP contribution is -2.30. The molecule has 0 aromatic rings. The quantitative estimate of drug-likeness (QED) is 0.0344. The molecule has 0 rings (SSSR count). The van der Waals surface area contributed by atoms with E-state index in [1.807, 2.05) is 0 Å². The van der Waals surface area contributed by atoms with Gasteiger partial charge >= 0.3 is 17.9 Å². The standard InChI is InChI=1S/C58H112O6/c1-6-8-9-10-11-12-13-14-15-16-19-22-28-33-38-43-48-56(59)62-51-55(52-63-57(60)49-44-39-34-29-25-24-27-32-37-42-47-54(5)7-2)64-58(61)50-45-40-35-30-23-20-17-18-21-26-31-36-41-46-53(3)4/h53-55H,6-52H2,1-5H3/t54?,55-/m1/s1. The first-order valence-corrected chi connectivity index (χ1v) is 28.8. The summed E-state index contributed by atoms with van der Waals surface area (Å²) in [5, 5.41) is 0. The number of unbranched alkanes of at least 4 members (excludes halogenated alkanes) is 36. The van der Waals surface area contributed by atoms with Crippen LogP contribution >= 0.6 is 0 Å². The molecule has 0 bridgehead atoms. The van der Waals surface area contributed by atoms with Gasteiger partial charge in [0.2, 0.25) is 0 Å². The van der Waals surface area contributed by atoms with Crippen molar-refractivity contribution >= 4 is 17.9 Å². The summed E-state index contributed by atoms with van der Waals surface area (Å²) in [7, 11) is 0. The lowest BCUT2D eigenvalue weighted by Gasteiger charge is -2.18. The second-order valence-electron chi connectivity index (χ2n) is 20.6. The van der Waals surface area contributed by atoms with Gasteiger partial charge in [-0.1, -0.05) is 285 Å². The van der Waals surface area contributed by atoms with Crippen molar-refractivity contribution in [1.82, 2.24) is 0 Å². The van der Waals surface area contributed by atoms with E-state index in [0.29, 0.717) is 19.3 Å². The molecule has 0 N–H and O–H groups in total. The molecule has 0 heterocycles. The van der Waals surface area contributed by atoms with Gasteiger partial charge in [-0.25, -0.2) is 0 Å². The number of hydrogen-bond donors (Lipinski definition) is 0. The lowest BCUT2D eigenvalue weighted by atomic mass is 9.99. The maximum atomic E-state index is 12.8. The summed E-state index contributed by atoms with van der Waals surface area (Å²) >= 11 is 0. The molecule has 0 aromatic carbocycles. The van der Waals surface area contributed by atoms with Crippen molar-refractivity contribution in [2.75, 3.05) is 13.2 Å². The van der Waals surface area contributed by atoms with E-state index in [4.69, 9.17) is 14.2 Å². The Kier molecular flexibility index (Phi) is 49.6. The Balaban J connectivity index is 4.31. The zero-order chi connectivity index (χ0) is 46.8. The third-order valence-electron chi connectivity index (χ3n) is 13.6. The molecule has 0 saturated heterocycles. The van der Waals surface area contributed by atoms with Crippen LogP contribution in [0.15, 0.2) is 0 Å². The summed E-state index contributed by atoms with van der Waals surface area (Å²) in [6.07, 6.45) is 53.7. The van der Waals surface area contributed by atoms with Crippen LogP contribution in [0, 0.1) is 11.8 Å². The van der Waals surface area contributed by atoms with Gasteiger partial charge in [-0.05, 0) is 31.1 Å². The van der Waals surface area contributed by atoms with Gasteiger partial charge in [-0.15, -0.1) is 0 Å². The monoisotopic (exact) mass is 905 g/mol. The molecular formula is C58H112O6. The third kappa shape index (κ3) is 49.8. The predicted octanol–water partition coefficient (Wildman–Crippen LogP) is 18.9. The molecule has 0 spiro atoms. The smallest absolute Gasteiger partial charge is 0.306 e. The summed E-state index contributed by atoms with van der Waals surface area (Å²) in [6, 6.07) is 0. The minimum absolute atomic E-state index is 0.0628. The molecule has 0 aliphatic heterocycles. The highest BCUT2D eigenvalue weighted by molar-refractivity contribution is 5.71. The Morgan fingerprint density at radius 3 is 0.891 bits per heavy atom. The number of hydrogen-bond acceptors (Lipinski definition) is 6. The summed E-state index contributed by atoms with van der Waals surface area (Å²) in [5.74, 6) is 0.868. The Bertz CT molecular complexity index is 980. The van der Waals surface area contributed by atoms with Crippen molar-refractivity contribution < 1.29 is 28.6 Å². The van der Waals surface area contributed by atoms with E-state index in [9.17, 15) is 14.4 Å². The summed E-state index contributed by atoms with van der Waals surface area (Å²) in [6.45, 7) is 11.4. The van der Waals surface area contributed by atoms with Gasteiger partial charge in [-0.2, -0.15) is 0 Å². The van der Waals surface area contributed by atoms with E-state index < -0.39 is 6.10 Å². The van der Waals surface area contributed by atoms with Gasteiger partial charge in [0, 0.05) is 19.3 Å². The largest absolute Gasteiger partial charge is 0.462 e. The molecule has 6 nitrogen and oxygen atoms in total. The minimum Gasteiger partial charge on any atom is -0.462 e. The van der Waals surface area contributed by atoms with Crippen molar-refractivity contribution in [3.63, 3.8) is 0 Å². The average molecular weight is 906 g/mol. The van der Waals surface area contributed by atoms with Crippen LogP contribution < -0.4 is 0 Å². The van der Waals surface area contributed by atoms with Gasteiger partial charge in [0.1, 0.15) is 13.2 Å². The topological polar surface area (TPSA) is 78.9 Å². The normalized spacial score (nSPS) is 12.5. The molecule has 0 fully saturated rings. The van der Waals surface area contributed by atoms with Crippen molar-refractivity contribution in [2.45, 2.75) is 330 Å². The van der Waals surface area contributed by atoms with Gasteiger partial charge in [-0.3, -0.25) is 14.4 Å². The molecule has 0 saturated carbocycles. The second kappa shape index (κ2) is 50.8. The maximum absolute atomic E-state index is 12.8. The summed E-state index contributed by atoms with van der Waals surface area (Å²) in [4.78, 5) is 38.1. The third-order valence-corrected chi connectivity index (χ3v) is 13.6. The maximum Gasteiger partial charge on any atom is 0.306 e. The van der Waals surface area contributed by atoms with Crippen molar-refractivity contribution in [3.05, 3.63) is 0 Å². The average Bonchev–Trinajstić information content (AvgIpc) is 3.28. The van der Waals surface area contributed by atoms with Crippen LogP contribution in [-0.2, 0) is 28.6 Å². The molecule has 0 radical (unpaired) electrons. The van der Waals surface area contributed by atoms with E-state index in [-0.39, 0.29) is 31.1 Å². The molecule has 1 unspecified atom stereocenters. The Morgan fingerprint density at radius 1 is 0.328 bits per heavy atom. The molecule has 6 heteroatoms. The zero-order valence-electron chi connectivity index (χ0n) is 43.9. The van der Waals surface area contributed by atoms with Gasteiger partial charge in [0.15, 0.2) is 6.10 Å². The number of esters is 3. The Morgan fingerprint density at radius 2 is 0.594 bits per heavy atom. The first-order chi connectivity index (χ1) is 31.3. The van der Waals surface area contributed by atoms with E-state index in [0.717, 1.165) is 69.6 Å². The highest BCUT2D eigenvalue weighted by Gasteiger charge is 2.19. The molecule has 0 aliphatic carbocycles. The second-order valence-corrected chi connectivity index (χ2v) is 20.6. The number of carbonyl (C=O) groups is 3. The molecular weight excluding hydrogens is 793 g/mol. The highest BCUT2D eigenvalue weighted by atomic mass is 16.6. The fraction of sp³-hybridized carbons (Fsp3) is 0.948.